The smallest absolute Gasteiger partial charge is 0.339 e. The third kappa shape index (κ3) is 8.48. The minimum absolute atomic E-state index is 0. The fourth-order valence-corrected chi connectivity index (χ4v) is 1.33. The summed E-state index contributed by atoms with van der Waals surface area (Å²) in [6.45, 7) is -0.278. The van der Waals surface area contributed by atoms with Crippen molar-refractivity contribution in [2.24, 2.45) is 5.73 Å². The van der Waals surface area contributed by atoms with Gasteiger partial charge in [-0.3, -0.25) is 4.79 Å². The van der Waals surface area contributed by atoms with Gasteiger partial charge < -0.3 is 20.2 Å². The number of halogens is 3. The average molecular weight is 438 g/mol. The average Bonchev–Trinajstić information content (AvgIpc) is 2.32. The van der Waals surface area contributed by atoms with Gasteiger partial charge in [-0.2, -0.15) is 0 Å². The summed E-state index contributed by atoms with van der Waals surface area (Å²) in [6, 6.07) is 2.61. The van der Waals surface area contributed by atoms with Crippen LogP contribution in [-0.4, -0.2) is 46.1 Å². The van der Waals surface area contributed by atoms with E-state index in [2.05, 4.69) is 10.0 Å². The molecule has 1 aromatic rings. The molecule has 0 saturated carbocycles. The number of rotatable bonds is 3. The zero-order valence-corrected chi connectivity index (χ0v) is 13.9. The van der Waals surface area contributed by atoms with Gasteiger partial charge in [-0.15, -0.1) is 0 Å². The van der Waals surface area contributed by atoms with Crippen LogP contribution in [0.5, 0.6) is 5.75 Å². The fraction of sp³-hybridized carbons (Fsp3) is 0.111. The van der Waals surface area contributed by atoms with Crippen LogP contribution < -0.4 is 10.0 Å². The van der Waals surface area contributed by atoms with Gasteiger partial charge in [0.2, 0.25) is 0 Å². The van der Waals surface area contributed by atoms with Gasteiger partial charge in [-0.1, -0.05) is 23.2 Å². The van der Waals surface area contributed by atoms with Crippen LogP contribution >= 0.6 is 35.1 Å². The van der Waals surface area contributed by atoms with E-state index in [0.29, 0.717) is 0 Å². The van der Waals surface area contributed by atoms with Crippen LogP contribution in [0.2, 0.25) is 10.0 Å². The molecule has 0 bridgehead atoms. The molecule has 110 valence electrons. The summed E-state index contributed by atoms with van der Waals surface area (Å²) in [6.07, 6.45) is 0. The summed E-state index contributed by atoms with van der Waals surface area (Å²) in [4.78, 5) is 19.8. The quantitative estimate of drug-likeness (QED) is 0.610. The molecule has 11 heteroatoms. The van der Waals surface area contributed by atoms with Crippen molar-refractivity contribution >= 4 is 64.4 Å². The standard InChI is InChI=1S/C7H3Cl3O3.C2H5NO2.Al.Zr.3H/c8-4-2-1-3(7(11)12)6(13-10)5(4)9;3-1-2(4)5;;;;;/h1-2H,(H,11,12);1,3H2,(H,4,5);;;;;. The molecule has 4 N–H and O–H groups in total. The Morgan fingerprint density at radius 2 is 1.70 bits per heavy atom. The number of benzene rings is 1. The third-order valence-corrected chi connectivity index (χ3v) is 2.47. The van der Waals surface area contributed by atoms with E-state index in [-0.39, 0.29) is 71.5 Å². The van der Waals surface area contributed by atoms with Crippen molar-refractivity contribution in [1.82, 2.24) is 0 Å². The Balaban J connectivity index is -0.000000361. The van der Waals surface area contributed by atoms with Gasteiger partial charge in [0.05, 0.1) is 11.6 Å². The maximum atomic E-state index is 10.6. The molecule has 0 saturated heterocycles. The Morgan fingerprint density at radius 3 is 2.00 bits per heavy atom. The number of nitrogens with two attached hydrogens (primary N) is 1. The zero-order chi connectivity index (χ0) is 14.3. The second kappa shape index (κ2) is 12.9. The van der Waals surface area contributed by atoms with Crippen molar-refractivity contribution in [2.75, 3.05) is 6.54 Å². The van der Waals surface area contributed by atoms with Crippen LogP contribution in [0.4, 0.5) is 0 Å². The molecule has 0 aliphatic heterocycles. The summed E-state index contributed by atoms with van der Waals surface area (Å²) < 4.78 is 4.29. The first-order valence-electron chi connectivity index (χ1n) is 4.26. The number of carboxylic acids is 2. The van der Waals surface area contributed by atoms with Crippen LogP contribution in [0, 0.1) is 0 Å². The first-order valence-corrected chi connectivity index (χ1v) is 5.33. The van der Waals surface area contributed by atoms with E-state index in [1.807, 2.05) is 0 Å². The molecule has 20 heavy (non-hydrogen) atoms. The van der Waals surface area contributed by atoms with Crippen molar-refractivity contribution in [2.45, 2.75) is 0 Å². The van der Waals surface area contributed by atoms with Gasteiger partial charge in [0.1, 0.15) is 22.5 Å². The number of carboxylic acid groups (broad SMARTS) is 2. The van der Waals surface area contributed by atoms with Gasteiger partial charge in [-0.05, 0) is 12.1 Å². The zero-order valence-electron chi connectivity index (χ0n) is 9.19. The Morgan fingerprint density at radius 1 is 1.25 bits per heavy atom. The molecule has 0 aliphatic carbocycles. The molecule has 1 aromatic carbocycles. The molecular weight excluding hydrogens is 427 g/mol. The normalized spacial score (nSPS) is 8.20. The molecule has 6 nitrogen and oxygen atoms in total. The van der Waals surface area contributed by atoms with Crippen molar-refractivity contribution in [1.29, 1.82) is 0 Å². The van der Waals surface area contributed by atoms with Crippen LogP contribution in [0.25, 0.3) is 0 Å². The van der Waals surface area contributed by atoms with Crippen molar-refractivity contribution in [3.8, 4) is 5.75 Å². The van der Waals surface area contributed by atoms with E-state index < -0.39 is 11.9 Å². The number of hydrogen-bond donors (Lipinski definition) is 3. The van der Waals surface area contributed by atoms with Gasteiger partial charge in [0.15, 0.2) is 23.1 Å². The molecule has 0 heterocycles. The van der Waals surface area contributed by atoms with E-state index in [1.54, 1.807) is 0 Å². The van der Waals surface area contributed by atoms with Gasteiger partial charge in [-0.25, -0.2) is 4.79 Å². The molecule has 0 aliphatic rings. The Kier molecular flexibility index (Phi) is 16.3. The van der Waals surface area contributed by atoms with E-state index in [0.717, 1.165) is 0 Å². The second-order valence-electron chi connectivity index (χ2n) is 2.72. The minimum Gasteiger partial charge on any atom is -0.480 e. The van der Waals surface area contributed by atoms with Crippen LogP contribution in [-0.2, 0) is 31.0 Å². The predicted octanol–water partition coefficient (Wildman–Crippen LogP) is 1.07. The molecule has 0 spiro atoms. The van der Waals surface area contributed by atoms with Crippen molar-refractivity contribution in [3.63, 3.8) is 0 Å². The summed E-state index contributed by atoms with van der Waals surface area (Å²) in [5, 5.41) is 16.4. The Hall–Kier alpha value is 0.206. The monoisotopic (exact) mass is 435 g/mol. The number of carbonyl (C=O) groups is 2. The fourth-order valence-electron chi connectivity index (χ4n) is 0.776. The van der Waals surface area contributed by atoms with E-state index in [4.69, 9.17) is 45.3 Å². The maximum Gasteiger partial charge on any atom is 0.339 e. The molecule has 0 amide bonds. The molecule has 1 rings (SSSR count). The molecule has 0 aromatic heterocycles. The summed E-state index contributed by atoms with van der Waals surface area (Å²) in [5.41, 5.74) is 4.44. The summed E-state index contributed by atoms with van der Waals surface area (Å²) in [5.74, 6) is -2.30. The number of aromatic carboxylic acids is 1. The SMILES string of the molecule is NCC(=O)O.O=C(O)c1ccc(Cl)c(Cl)c1OCl.[AlH3].[Zr]. The molecule has 0 atom stereocenters. The number of hydrogen-bond acceptors (Lipinski definition) is 4. The first kappa shape index (κ1) is 25.2. The van der Waals surface area contributed by atoms with Gasteiger partial charge in [0.25, 0.3) is 0 Å². The first-order chi connectivity index (χ1) is 8.34. The van der Waals surface area contributed by atoms with Gasteiger partial charge >= 0.3 is 11.9 Å². The van der Waals surface area contributed by atoms with Gasteiger partial charge in [0, 0.05) is 26.2 Å². The van der Waals surface area contributed by atoms with E-state index in [1.165, 1.54) is 12.1 Å². The molecule has 0 unspecified atom stereocenters. The van der Waals surface area contributed by atoms with Crippen LogP contribution in [0.15, 0.2) is 12.1 Å². The summed E-state index contributed by atoms with van der Waals surface area (Å²) in [7, 11) is 0. The van der Waals surface area contributed by atoms with Crippen molar-refractivity contribution in [3.05, 3.63) is 27.7 Å². The Labute approximate surface area is 159 Å². The Bertz CT molecular complexity index is 463. The van der Waals surface area contributed by atoms with E-state index in [9.17, 15) is 9.59 Å². The van der Waals surface area contributed by atoms with E-state index >= 15 is 0 Å². The molecule has 0 fully saturated rings. The molecule has 0 radical (unpaired) electrons. The topological polar surface area (TPSA) is 110 Å². The van der Waals surface area contributed by atoms with Crippen LogP contribution in [0.1, 0.15) is 10.4 Å². The van der Waals surface area contributed by atoms with Crippen LogP contribution in [0.3, 0.4) is 0 Å². The third-order valence-electron chi connectivity index (χ3n) is 1.53. The van der Waals surface area contributed by atoms with Crippen molar-refractivity contribution < 1.29 is 50.3 Å². The minimum atomic E-state index is -1.19. The predicted molar refractivity (Wildman–Crippen MR) is 76.5 cm³/mol. The largest absolute Gasteiger partial charge is 0.480 e. The molecular formula is C9H11AlCl3NO5Zr. The maximum absolute atomic E-state index is 10.6. The second-order valence-corrected chi connectivity index (χ2v) is 3.66. The number of aliphatic carboxylic acids is 1. The summed E-state index contributed by atoms with van der Waals surface area (Å²) >= 11 is 16.3.